The van der Waals surface area contributed by atoms with E-state index in [1.807, 2.05) is 0 Å². The molecule has 2 aromatic heterocycles. The molecule has 2 heterocycles. The van der Waals surface area contributed by atoms with Crippen LogP contribution in [-0.4, -0.2) is 18.0 Å². The summed E-state index contributed by atoms with van der Waals surface area (Å²) in [5.74, 6) is 3.58. The monoisotopic (exact) mass is 520 g/mol. The Morgan fingerprint density at radius 2 is 1.38 bits per heavy atom. The second-order valence-corrected chi connectivity index (χ2v) is 17.4. The van der Waals surface area contributed by atoms with Gasteiger partial charge in [-0.15, -0.1) is 16.9 Å². The molecule has 164 valence electrons. The topological polar surface area (TPSA) is 25.8 Å². The van der Waals surface area contributed by atoms with E-state index in [1.54, 1.807) is 11.3 Å². The molecule has 0 radical (unpaired) electrons. The highest BCUT2D eigenvalue weighted by Crippen LogP contribution is 2.41. The Morgan fingerprint density at radius 1 is 0.812 bits per heavy atom. The van der Waals surface area contributed by atoms with Crippen molar-refractivity contribution in [2.45, 2.75) is 58.2 Å². The van der Waals surface area contributed by atoms with Crippen LogP contribution in [0.5, 0.6) is 0 Å². The first-order valence-electron chi connectivity index (χ1n) is 11.2. The van der Waals surface area contributed by atoms with Gasteiger partial charge < -0.3 is 0 Å². The molecule has 0 atom stereocenters. The Kier molecular flexibility index (Phi) is 6.58. The molecule has 0 amide bonds. The molecule has 0 aliphatic heterocycles. The van der Waals surface area contributed by atoms with Crippen molar-refractivity contribution in [1.82, 2.24) is 9.97 Å². The highest BCUT2D eigenvalue weighted by atomic mass is 79.9. The number of hydrogen-bond donors (Lipinski definition) is 0. The molecule has 4 rings (SSSR count). The van der Waals surface area contributed by atoms with E-state index in [-0.39, 0.29) is 0 Å². The molecule has 0 aliphatic carbocycles. The first-order chi connectivity index (χ1) is 15.2. The van der Waals surface area contributed by atoms with Crippen molar-refractivity contribution >= 4 is 57.1 Å². The van der Waals surface area contributed by atoms with Crippen molar-refractivity contribution in [2.75, 3.05) is 0 Å². The number of halogens is 1. The van der Waals surface area contributed by atoms with Crippen molar-refractivity contribution in [3.05, 3.63) is 58.0 Å². The van der Waals surface area contributed by atoms with Crippen molar-refractivity contribution in [3.63, 3.8) is 0 Å². The largest absolute Gasteiger partial charge is 0.242 e. The van der Waals surface area contributed by atoms with Gasteiger partial charge in [0.05, 0.1) is 19.7 Å². The maximum absolute atomic E-state index is 5.08. The van der Waals surface area contributed by atoms with Crippen molar-refractivity contribution in [1.29, 1.82) is 0 Å². The average Bonchev–Trinajstić information content (AvgIpc) is 3.17. The van der Waals surface area contributed by atoms with Gasteiger partial charge in [0, 0.05) is 0 Å². The molecule has 0 fully saturated rings. The molecule has 2 aromatic carbocycles. The van der Waals surface area contributed by atoms with E-state index in [0.29, 0.717) is 16.6 Å². The summed E-state index contributed by atoms with van der Waals surface area (Å²) in [5.41, 5.74) is 9.06. The molecule has 0 aliphatic rings. The lowest BCUT2D eigenvalue weighted by Gasteiger charge is -2.38. The number of benzene rings is 2. The zero-order chi connectivity index (χ0) is 23.0. The smallest absolute Gasteiger partial charge is 0.146 e. The number of rotatable bonds is 4. The van der Waals surface area contributed by atoms with E-state index in [1.165, 1.54) is 10.8 Å². The lowest BCUT2D eigenvalue weighted by atomic mass is 10.1. The molecule has 32 heavy (non-hydrogen) atoms. The number of thiophene rings is 1. The van der Waals surface area contributed by atoms with Crippen LogP contribution in [0.15, 0.2) is 52.3 Å². The highest BCUT2D eigenvalue weighted by molar-refractivity contribution is 9.11. The first-order valence-corrected chi connectivity index (χ1v) is 15.1. The van der Waals surface area contributed by atoms with Gasteiger partial charge in [0.2, 0.25) is 0 Å². The zero-order valence-electron chi connectivity index (χ0n) is 19.5. The summed E-state index contributed by atoms with van der Waals surface area (Å²) in [6, 6.07) is 16.8. The van der Waals surface area contributed by atoms with Crippen LogP contribution in [0.2, 0.25) is 16.6 Å². The van der Waals surface area contributed by atoms with Crippen LogP contribution in [0, 0.1) is 11.5 Å². The minimum absolute atomic E-state index is 0.576. The fourth-order valence-corrected chi connectivity index (χ4v) is 11.6. The second-order valence-electron chi connectivity index (χ2n) is 9.36. The Bertz CT molecular complexity index is 1320. The summed E-state index contributed by atoms with van der Waals surface area (Å²) in [5, 5.41) is 2.35. The molecule has 4 aromatic rings. The number of hydrogen-bond acceptors (Lipinski definition) is 3. The fraction of sp³-hybridized carbons (Fsp3) is 0.333. The van der Waals surface area contributed by atoms with Gasteiger partial charge in [-0.25, -0.2) is 9.97 Å². The third-order valence-corrected chi connectivity index (χ3v) is 14.5. The molecule has 5 heteroatoms. The molecule has 0 bridgehead atoms. The van der Waals surface area contributed by atoms with Crippen LogP contribution >= 0.6 is 27.3 Å². The first kappa shape index (κ1) is 23.2. The molecule has 0 N–H and O–H groups in total. The normalized spacial score (nSPS) is 12.2. The van der Waals surface area contributed by atoms with Crippen molar-refractivity contribution < 1.29 is 0 Å². The molecule has 0 saturated heterocycles. The fourth-order valence-electron chi connectivity index (χ4n) is 5.04. The summed E-state index contributed by atoms with van der Waals surface area (Å²) in [6.45, 7) is 14.1. The van der Waals surface area contributed by atoms with Crippen LogP contribution in [0.1, 0.15) is 47.2 Å². The van der Waals surface area contributed by atoms with Gasteiger partial charge in [0.15, 0.2) is 0 Å². The van der Waals surface area contributed by atoms with E-state index in [9.17, 15) is 0 Å². The summed E-state index contributed by atoms with van der Waals surface area (Å²) < 4.78 is 1.09. The van der Waals surface area contributed by atoms with Crippen LogP contribution in [0.3, 0.4) is 0 Å². The average molecular weight is 522 g/mol. The Labute approximate surface area is 204 Å². The Morgan fingerprint density at radius 3 is 1.88 bits per heavy atom. The lowest BCUT2D eigenvalue weighted by Crippen LogP contribution is -2.43. The second kappa shape index (κ2) is 9.09. The summed E-state index contributed by atoms with van der Waals surface area (Å²) in [4.78, 5) is 11.2. The van der Waals surface area contributed by atoms with Crippen LogP contribution < -0.4 is 0 Å². The maximum Gasteiger partial charge on any atom is 0.146 e. The SMILES string of the molecule is CC(C)[Si](C#Cc1nc2cc3ccccc3cc2nc1-c1ccc(Br)s1)(C(C)C)C(C)C. The van der Waals surface area contributed by atoms with E-state index in [2.05, 4.69) is 117 Å². The van der Waals surface area contributed by atoms with Crippen molar-refractivity contribution in [3.8, 4) is 22.0 Å². The van der Waals surface area contributed by atoms with Crippen LogP contribution in [0.4, 0.5) is 0 Å². The molecular formula is C27H29BrN2SSi. The minimum Gasteiger partial charge on any atom is -0.242 e. The van der Waals surface area contributed by atoms with Crippen LogP contribution in [-0.2, 0) is 0 Å². The van der Waals surface area contributed by atoms with Crippen molar-refractivity contribution in [2.24, 2.45) is 0 Å². The quantitative estimate of drug-likeness (QED) is 0.152. The van der Waals surface area contributed by atoms with E-state index in [4.69, 9.17) is 9.97 Å². The van der Waals surface area contributed by atoms with Gasteiger partial charge in [-0.1, -0.05) is 71.7 Å². The summed E-state index contributed by atoms with van der Waals surface area (Å²) >= 11 is 5.28. The number of aromatic nitrogens is 2. The predicted octanol–water partition coefficient (Wildman–Crippen LogP) is 8.84. The third kappa shape index (κ3) is 4.16. The minimum atomic E-state index is -1.87. The molecular weight excluding hydrogens is 492 g/mol. The standard InChI is InChI=1S/C27H29BrN2SSi/c1-17(2)32(18(3)4,19(5)6)14-13-22-27(25-11-12-26(28)31-25)30-24-16-21-10-8-7-9-20(21)15-23(24)29-22/h7-12,15-19H,1-6H3. The van der Waals surface area contributed by atoms with Gasteiger partial charge in [0.25, 0.3) is 0 Å². The molecule has 0 spiro atoms. The van der Waals surface area contributed by atoms with E-state index < -0.39 is 8.07 Å². The maximum atomic E-state index is 5.08. The van der Waals surface area contributed by atoms with Crippen LogP contribution in [0.25, 0.3) is 32.4 Å². The Balaban J connectivity index is 1.99. The Hall–Kier alpha value is -2.00. The summed E-state index contributed by atoms with van der Waals surface area (Å²) in [6.07, 6.45) is 0. The van der Waals surface area contributed by atoms with Gasteiger partial charge in [-0.2, -0.15) is 0 Å². The molecule has 0 unspecified atom stereocenters. The van der Waals surface area contributed by atoms with Gasteiger partial charge in [-0.05, 0) is 67.6 Å². The number of fused-ring (bicyclic) bond motifs is 2. The summed E-state index contributed by atoms with van der Waals surface area (Å²) in [7, 11) is -1.87. The molecule has 2 nitrogen and oxygen atoms in total. The third-order valence-electron chi connectivity index (χ3n) is 6.60. The van der Waals surface area contributed by atoms with E-state index >= 15 is 0 Å². The predicted molar refractivity (Wildman–Crippen MR) is 146 cm³/mol. The van der Waals surface area contributed by atoms with Gasteiger partial charge in [0.1, 0.15) is 19.5 Å². The zero-order valence-corrected chi connectivity index (χ0v) is 22.9. The number of nitrogens with zero attached hydrogens (tertiary/aromatic N) is 2. The van der Waals surface area contributed by atoms with Gasteiger partial charge >= 0.3 is 0 Å². The van der Waals surface area contributed by atoms with E-state index in [0.717, 1.165) is 31.1 Å². The van der Waals surface area contributed by atoms with Gasteiger partial charge in [-0.3, -0.25) is 0 Å². The lowest BCUT2D eigenvalue weighted by molar-refractivity contribution is 0.838. The highest BCUT2D eigenvalue weighted by Gasteiger charge is 2.41. The molecule has 0 saturated carbocycles.